The molecule has 0 fully saturated rings. The van der Waals surface area contributed by atoms with E-state index in [1.807, 2.05) is 6.08 Å². The van der Waals surface area contributed by atoms with Crippen LogP contribution in [0.25, 0.3) is 0 Å². The molecule has 0 saturated carbocycles. The average molecular weight is 986 g/mol. The van der Waals surface area contributed by atoms with Crippen LogP contribution >= 0.6 is 0 Å². The Balaban J connectivity index is 4.52. The van der Waals surface area contributed by atoms with E-state index in [4.69, 9.17) is 14.2 Å². The Morgan fingerprint density at radius 1 is 0.296 bits per heavy atom. The van der Waals surface area contributed by atoms with Crippen LogP contribution in [0, 0.1) is 0 Å². The van der Waals surface area contributed by atoms with Gasteiger partial charge in [0.1, 0.15) is 13.2 Å². The number of unbranched alkanes of at least 4 members (excludes halogenated alkanes) is 23. The van der Waals surface area contributed by atoms with Crippen LogP contribution in [0.4, 0.5) is 0 Å². The van der Waals surface area contributed by atoms with E-state index in [9.17, 15) is 14.4 Å². The van der Waals surface area contributed by atoms with Gasteiger partial charge in [-0.1, -0.05) is 259 Å². The minimum atomic E-state index is -0.829. The van der Waals surface area contributed by atoms with Gasteiger partial charge >= 0.3 is 17.9 Å². The zero-order valence-electron chi connectivity index (χ0n) is 46.2. The molecule has 0 aliphatic rings. The summed E-state index contributed by atoms with van der Waals surface area (Å²) in [5.74, 6) is -1.04. The molecule has 0 heterocycles. The first-order valence-electron chi connectivity index (χ1n) is 29.4. The first kappa shape index (κ1) is 67.1. The van der Waals surface area contributed by atoms with E-state index in [0.717, 1.165) is 83.5 Å². The molecule has 0 aromatic heterocycles. The molecular weight excluding hydrogens is 877 g/mol. The van der Waals surface area contributed by atoms with Gasteiger partial charge in [-0.05, 0) is 96.3 Å². The molecule has 0 rings (SSSR count). The van der Waals surface area contributed by atoms with E-state index in [2.05, 4.69) is 124 Å². The van der Waals surface area contributed by atoms with Crippen molar-refractivity contribution in [2.45, 2.75) is 271 Å². The SMILES string of the molecule is CC/C=C\C/C=C\C/C=C\C/C=C\C/C=C\C/C=C\CCC(=O)OC[C@H](COC(=O)CCCCCCCCCCCCCCCCCCCCC)OC(=O)CCCC/C=C\C/C=C\C/C=C\CCCCC. The number of ether oxygens (including phenoxy) is 3. The summed E-state index contributed by atoms with van der Waals surface area (Å²) < 4.78 is 16.8. The molecule has 0 aliphatic carbocycles. The van der Waals surface area contributed by atoms with E-state index < -0.39 is 6.10 Å². The van der Waals surface area contributed by atoms with Crippen LogP contribution in [-0.4, -0.2) is 37.2 Å². The summed E-state index contributed by atoms with van der Waals surface area (Å²) in [6, 6.07) is 0. The van der Waals surface area contributed by atoms with Gasteiger partial charge in [0.15, 0.2) is 6.10 Å². The second-order valence-electron chi connectivity index (χ2n) is 19.2. The Bertz CT molecular complexity index is 1460. The Kier molecular flexibility index (Phi) is 55.4. The fraction of sp³-hybridized carbons (Fsp3) is 0.677. The van der Waals surface area contributed by atoms with Crippen LogP contribution in [0.1, 0.15) is 265 Å². The minimum Gasteiger partial charge on any atom is -0.462 e. The molecule has 0 aliphatic heterocycles. The first-order chi connectivity index (χ1) is 35.0. The van der Waals surface area contributed by atoms with Gasteiger partial charge in [-0.2, -0.15) is 0 Å². The number of hydrogen-bond acceptors (Lipinski definition) is 6. The molecule has 0 bridgehead atoms. The molecular formula is C65H108O6. The smallest absolute Gasteiger partial charge is 0.306 e. The molecule has 0 N–H and O–H groups in total. The number of carbonyl (C=O) groups is 3. The van der Waals surface area contributed by atoms with E-state index in [1.54, 1.807) is 0 Å². The summed E-state index contributed by atoms with van der Waals surface area (Å²) in [7, 11) is 0. The van der Waals surface area contributed by atoms with Gasteiger partial charge in [-0.25, -0.2) is 0 Å². The van der Waals surface area contributed by atoms with Crippen LogP contribution < -0.4 is 0 Å². The lowest BCUT2D eigenvalue weighted by atomic mass is 10.0. The second kappa shape index (κ2) is 58.6. The molecule has 71 heavy (non-hydrogen) atoms. The van der Waals surface area contributed by atoms with Crippen LogP contribution in [0.15, 0.2) is 109 Å². The number of esters is 3. The molecule has 0 saturated heterocycles. The third-order valence-corrected chi connectivity index (χ3v) is 12.3. The van der Waals surface area contributed by atoms with E-state index in [-0.39, 0.29) is 44.0 Å². The highest BCUT2D eigenvalue weighted by Crippen LogP contribution is 2.16. The van der Waals surface area contributed by atoms with Crippen molar-refractivity contribution in [1.82, 2.24) is 0 Å². The van der Waals surface area contributed by atoms with Crippen molar-refractivity contribution in [1.29, 1.82) is 0 Å². The molecule has 6 nitrogen and oxygen atoms in total. The van der Waals surface area contributed by atoms with Crippen molar-refractivity contribution in [3.05, 3.63) is 109 Å². The van der Waals surface area contributed by atoms with Crippen molar-refractivity contribution < 1.29 is 28.6 Å². The van der Waals surface area contributed by atoms with E-state index >= 15 is 0 Å². The number of hydrogen-bond donors (Lipinski definition) is 0. The number of allylic oxidation sites excluding steroid dienone is 18. The van der Waals surface area contributed by atoms with Gasteiger partial charge in [-0.15, -0.1) is 0 Å². The summed E-state index contributed by atoms with van der Waals surface area (Å²) in [5, 5.41) is 0. The zero-order valence-corrected chi connectivity index (χ0v) is 46.2. The molecule has 404 valence electrons. The lowest BCUT2D eigenvalue weighted by Gasteiger charge is -2.18. The number of carbonyl (C=O) groups excluding carboxylic acids is 3. The minimum absolute atomic E-state index is 0.116. The topological polar surface area (TPSA) is 78.9 Å². The molecule has 0 aromatic carbocycles. The van der Waals surface area contributed by atoms with Gasteiger partial charge in [0.2, 0.25) is 0 Å². The highest BCUT2D eigenvalue weighted by atomic mass is 16.6. The van der Waals surface area contributed by atoms with Crippen molar-refractivity contribution in [3.63, 3.8) is 0 Å². The second-order valence-corrected chi connectivity index (χ2v) is 19.2. The predicted molar refractivity (Wildman–Crippen MR) is 307 cm³/mol. The molecule has 0 radical (unpaired) electrons. The Morgan fingerprint density at radius 2 is 0.577 bits per heavy atom. The quantitative estimate of drug-likeness (QED) is 0.0261. The monoisotopic (exact) mass is 985 g/mol. The van der Waals surface area contributed by atoms with Crippen molar-refractivity contribution >= 4 is 17.9 Å². The van der Waals surface area contributed by atoms with Crippen molar-refractivity contribution in [2.75, 3.05) is 13.2 Å². The van der Waals surface area contributed by atoms with Gasteiger partial charge < -0.3 is 14.2 Å². The summed E-state index contributed by atoms with van der Waals surface area (Å²) in [5.41, 5.74) is 0. The highest BCUT2D eigenvalue weighted by Gasteiger charge is 2.19. The van der Waals surface area contributed by atoms with E-state index in [1.165, 1.54) is 128 Å². The number of rotatable bonds is 52. The largest absolute Gasteiger partial charge is 0.462 e. The molecule has 0 unspecified atom stereocenters. The predicted octanol–water partition coefficient (Wildman–Crippen LogP) is 19.9. The normalized spacial score (nSPS) is 12.9. The van der Waals surface area contributed by atoms with Crippen molar-refractivity contribution in [3.8, 4) is 0 Å². The van der Waals surface area contributed by atoms with Gasteiger partial charge in [0, 0.05) is 19.3 Å². The molecule has 1 atom stereocenters. The molecule has 6 heteroatoms. The Hall–Kier alpha value is -3.93. The van der Waals surface area contributed by atoms with Crippen LogP contribution in [-0.2, 0) is 28.6 Å². The summed E-state index contributed by atoms with van der Waals surface area (Å²) >= 11 is 0. The maximum absolute atomic E-state index is 12.8. The highest BCUT2D eigenvalue weighted by molar-refractivity contribution is 5.71. The fourth-order valence-corrected chi connectivity index (χ4v) is 7.89. The van der Waals surface area contributed by atoms with Gasteiger partial charge in [0.05, 0.1) is 0 Å². The Morgan fingerprint density at radius 3 is 0.972 bits per heavy atom. The third-order valence-electron chi connectivity index (χ3n) is 12.3. The first-order valence-corrected chi connectivity index (χ1v) is 29.4. The summed E-state index contributed by atoms with van der Waals surface area (Å²) in [6.45, 7) is 6.41. The summed E-state index contributed by atoms with van der Waals surface area (Å²) in [6.07, 6.45) is 79.5. The van der Waals surface area contributed by atoms with Crippen LogP contribution in [0.2, 0.25) is 0 Å². The standard InChI is InChI=1S/C65H108O6/c1-4-7-10-13-16-19-22-25-28-30-32-34-37-39-42-45-48-51-54-57-63(66)69-60-62(71-65(68)59-56-53-50-47-44-41-36-27-24-21-18-15-12-9-6-3)61-70-64(67)58-55-52-49-46-43-40-38-35-33-31-29-26-23-20-17-14-11-8-5-2/h7,10,16,18-19,21,25,27-28,32,34,36,39,42,44,47-48,51,62H,4-6,8-9,11-15,17,20,22-24,26,29-31,33,35,37-38,40-41,43,45-46,49-50,52-61H2,1-3H3/b10-7-,19-16-,21-18-,28-25-,34-32-,36-27-,42-39-,47-44-,51-48-/t62-/m1/s1. The fourth-order valence-electron chi connectivity index (χ4n) is 7.89. The molecule has 0 amide bonds. The maximum atomic E-state index is 12.8. The van der Waals surface area contributed by atoms with Gasteiger partial charge in [-0.3, -0.25) is 14.4 Å². The maximum Gasteiger partial charge on any atom is 0.306 e. The van der Waals surface area contributed by atoms with Crippen LogP contribution in [0.5, 0.6) is 0 Å². The molecule has 0 aromatic rings. The van der Waals surface area contributed by atoms with Gasteiger partial charge in [0.25, 0.3) is 0 Å². The lowest BCUT2D eigenvalue weighted by molar-refractivity contribution is -0.166. The van der Waals surface area contributed by atoms with Crippen LogP contribution in [0.3, 0.4) is 0 Å². The summed E-state index contributed by atoms with van der Waals surface area (Å²) in [4.78, 5) is 38.1. The Labute approximate surface area is 438 Å². The third kappa shape index (κ3) is 56.9. The average Bonchev–Trinajstić information content (AvgIpc) is 3.37. The van der Waals surface area contributed by atoms with Crippen molar-refractivity contribution in [2.24, 2.45) is 0 Å². The lowest BCUT2D eigenvalue weighted by Crippen LogP contribution is -2.30. The zero-order chi connectivity index (χ0) is 51.4. The van der Waals surface area contributed by atoms with E-state index in [0.29, 0.717) is 19.3 Å². The molecule has 0 spiro atoms.